The number of carboxylic acids is 2. The van der Waals surface area contributed by atoms with Gasteiger partial charge in [-0.25, -0.2) is 9.59 Å². The lowest BCUT2D eigenvalue weighted by Crippen LogP contribution is -2.44. The molecule has 0 aliphatic carbocycles. The minimum Gasteiger partial charge on any atom is -0.493 e. The average Bonchev–Trinajstić information content (AvgIpc) is 2.65. The van der Waals surface area contributed by atoms with Gasteiger partial charge in [0.1, 0.15) is 5.75 Å². The summed E-state index contributed by atoms with van der Waals surface area (Å²) in [6.07, 6.45) is 3.70. The van der Waals surface area contributed by atoms with Gasteiger partial charge in [0.2, 0.25) is 0 Å². The molecule has 1 fully saturated rings. The number of carboxylic acid groups (broad SMARTS) is 2. The predicted octanol–water partition coefficient (Wildman–Crippen LogP) is 2.56. The van der Waals surface area contributed by atoms with Crippen molar-refractivity contribution in [3.8, 4) is 5.75 Å². The van der Waals surface area contributed by atoms with Crippen molar-refractivity contribution in [2.45, 2.75) is 40.0 Å². The molecule has 158 valence electrons. The number of benzene rings is 1. The summed E-state index contributed by atoms with van der Waals surface area (Å²) < 4.78 is 6.03. The molecule has 0 radical (unpaired) electrons. The topological polar surface area (TPSA) is 90.3 Å². The highest BCUT2D eigenvalue weighted by atomic mass is 16.5. The maximum absolute atomic E-state index is 9.10. The first-order valence-electron chi connectivity index (χ1n) is 9.79. The summed E-state index contributed by atoms with van der Waals surface area (Å²) in [7, 11) is 2.21. The van der Waals surface area contributed by atoms with Crippen LogP contribution in [0.25, 0.3) is 0 Å². The smallest absolute Gasteiger partial charge is 0.414 e. The first-order chi connectivity index (χ1) is 13.2. The average molecular weight is 395 g/mol. The molecule has 1 aliphatic rings. The minimum atomic E-state index is -1.82. The third-order valence-corrected chi connectivity index (χ3v) is 5.02. The zero-order chi connectivity index (χ0) is 21.1. The fourth-order valence-corrected chi connectivity index (χ4v) is 3.01. The molecule has 0 saturated carbocycles. The van der Waals surface area contributed by atoms with Gasteiger partial charge < -0.3 is 24.7 Å². The number of rotatable bonds is 7. The van der Waals surface area contributed by atoms with Crippen molar-refractivity contribution in [2.75, 3.05) is 46.4 Å². The Morgan fingerprint density at radius 3 is 2.07 bits per heavy atom. The van der Waals surface area contributed by atoms with E-state index in [1.807, 2.05) is 0 Å². The molecule has 0 spiro atoms. The molecule has 0 aromatic heterocycles. The summed E-state index contributed by atoms with van der Waals surface area (Å²) in [5.74, 6) is -2.55. The van der Waals surface area contributed by atoms with Crippen LogP contribution in [-0.4, -0.2) is 78.3 Å². The van der Waals surface area contributed by atoms with Crippen molar-refractivity contribution in [1.29, 1.82) is 0 Å². The van der Waals surface area contributed by atoms with Gasteiger partial charge in [0, 0.05) is 26.2 Å². The highest BCUT2D eigenvalue weighted by Crippen LogP contribution is 2.25. The van der Waals surface area contributed by atoms with Crippen LogP contribution in [0.1, 0.15) is 36.0 Å². The highest BCUT2D eigenvalue weighted by Gasteiger charge is 2.12. The van der Waals surface area contributed by atoms with Crippen LogP contribution in [0.2, 0.25) is 0 Å². The van der Waals surface area contributed by atoms with Crippen molar-refractivity contribution in [3.05, 3.63) is 28.8 Å². The molecule has 2 rings (SSSR count). The predicted molar refractivity (Wildman–Crippen MR) is 109 cm³/mol. The number of carbonyl (C=O) groups is 2. The van der Waals surface area contributed by atoms with Gasteiger partial charge in [-0.15, -0.1) is 0 Å². The second-order valence-corrected chi connectivity index (χ2v) is 7.32. The number of likely N-dealkylation sites (N-methyl/N-ethyl adjacent to an activating group) is 1. The number of aliphatic carboxylic acids is 2. The van der Waals surface area contributed by atoms with Crippen LogP contribution in [0.15, 0.2) is 12.1 Å². The van der Waals surface area contributed by atoms with Gasteiger partial charge in [0.15, 0.2) is 0 Å². The largest absolute Gasteiger partial charge is 0.493 e. The fourth-order valence-electron chi connectivity index (χ4n) is 3.01. The normalized spacial score (nSPS) is 14.9. The van der Waals surface area contributed by atoms with Crippen LogP contribution in [0.3, 0.4) is 0 Å². The van der Waals surface area contributed by atoms with Gasteiger partial charge in [0.05, 0.1) is 6.61 Å². The van der Waals surface area contributed by atoms with E-state index < -0.39 is 11.9 Å². The Kier molecular flexibility index (Phi) is 10.6. The van der Waals surface area contributed by atoms with Crippen molar-refractivity contribution < 1.29 is 24.5 Å². The van der Waals surface area contributed by atoms with E-state index >= 15 is 0 Å². The summed E-state index contributed by atoms with van der Waals surface area (Å²) in [5.41, 5.74) is 3.86. The third kappa shape index (κ3) is 8.71. The Morgan fingerprint density at radius 1 is 0.929 bits per heavy atom. The van der Waals surface area contributed by atoms with E-state index in [0.717, 1.165) is 18.8 Å². The fraction of sp³-hybridized carbons (Fsp3) is 0.619. The Balaban J connectivity index is 0.000000568. The zero-order valence-corrected chi connectivity index (χ0v) is 17.5. The van der Waals surface area contributed by atoms with Gasteiger partial charge in [0.25, 0.3) is 0 Å². The minimum absolute atomic E-state index is 0.841. The van der Waals surface area contributed by atoms with E-state index in [4.69, 9.17) is 24.5 Å². The standard InChI is InChI=1S/C19H32N2O.C2H2O4/c1-16-8-9-17(2)19(18(16)3)22-15-7-5-6-10-21-13-11-20(4)12-14-21;3-1(4)2(5)6/h8-9H,5-7,10-15H2,1-4H3;(H,3,4)(H,5,6). The van der Waals surface area contributed by atoms with Crippen molar-refractivity contribution in [1.82, 2.24) is 9.80 Å². The van der Waals surface area contributed by atoms with Crippen LogP contribution < -0.4 is 4.74 Å². The number of nitrogens with zero attached hydrogens (tertiary/aromatic N) is 2. The van der Waals surface area contributed by atoms with Gasteiger partial charge >= 0.3 is 11.9 Å². The van der Waals surface area contributed by atoms with E-state index in [1.165, 1.54) is 62.3 Å². The zero-order valence-electron chi connectivity index (χ0n) is 17.5. The molecule has 0 unspecified atom stereocenters. The molecule has 28 heavy (non-hydrogen) atoms. The molecule has 1 aliphatic heterocycles. The van der Waals surface area contributed by atoms with E-state index in [9.17, 15) is 0 Å². The maximum atomic E-state index is 9.10. The van der Waals surface area contributed by atoms with Gasteiger partial charge in [-0.2, -0.15) is 0 Å². The lowest BCUT2D eigenvalue weighted by molar-refractivity contribution is -0.159. The van der Waals surface area contributed by atoms with Crippen LogP contribution >= 0.6 is 0 Å². The number of piperazine rings is 1. The van der Waals surface area contributed by atoms with Gasteiger partial charge in [-0.05, 0) is 70.3 Å². The Bertz CT molecular complexity index is 628. The van der Waals surface area contributed by atoms with Crippen LogP contribution in [0.4, 0.5) is 0 Å². The Morgan fingerprint density at radius 2 is 1.50 bits per heavy atom. The first-order valence-corrected chi connectivity index (χ1v) is 9.79. The summed E-state index contributed by atoms with van der Waals surface area (Å²) in [6.45, 7) is 13.4. The van der Waals surface area contributed by atoms with Crippen molar-refractivity contribution >= 4 is 11.9 Å². The molecule has 7 heteroatoms. The molecule has 0 bridgehead atoms. The van der Waals surface area contributed by atoms with Crippen LogP contribution in [0.5, 0.6) is 5.75 Å². The van der Waals surface area contributed by atoms with Gasteiger partial charge in [-0.3, -0.25) is 0 Å². The van der Waals surface area contributed by atoms with Crippen LogP contribution in [-0.2, 0) is 9.59 Å². The maximum Gasteiger partial charge on any atom is 0.414 e. The van der Waals surface area contributed by atoms with E-state index in [0.29, 0.717) is 0 Å². The van der Waals surface area contributed by atoms with E-state index in [-0.39, 0.29) is 0 Å². The summed E-state index contributed by atoms with van der Waals surface area (Å²) in [4.78, 5) is 23.2. The summed E-state index contributed by atoms with van der Waals surface area (Å²) in [5, 5.41) is 14.8. The molecule has 2 N–H and O–H groups in total. The van der Waals surface area contributed by atoms with Gasteiger partial charge in [-0.1, -0.05) is 12.1 Å². The van der Waals surface area contributed by atoms with E-state index in [1.54, 1.807) is 0 Å². The molecule has 0 amide bonds. The quantitative estimate of drug-likeness (QED) is 0.542. The lowest BCUT2D eigenvalue weighted by Gasteiger charge is -2.32. The molecule has 0 atom stereocenters. The third-order valence-electron chi connectivity index (χ3n) is 5.02. The molecule has 1 aromatic carbocycles. The molecule has 7 nitrogen and oxygen atoms in total. The SMILES string of the molecule is Cc1ccc(C)c(OCCCCCN2CCN(C)CC2)c1C.O=C(O)C(=O)O. The monoisotopic (exact) mass is 394 g/mol. The van der Waals surface area contributed by atoms with E-state index in [2.05, 4.69) is 49.8 Å². The highest BCUT2D eigenvalue weighted by molar-refractivity contribution is 6.27. The molecule has 1 saturated heterocycles. The number of ether oxygens (including phenoxy) is 1. The van der Waals surface area contributed by atoms with Crippen molar-refractivity contribution in [2.24, 2.45) is 0 Å². The first kappa shape index (κ1) is 23.9. The van der Waals surface area contributed by atoms with Crippen LogP contribution in [0, 0.1) is 20.8 Å². The lowest BCUT2D eigenvalue weighted by atomic mass is 10.1. The second-order valence-electron chi connectivity index (χ2n) is 7.32. The molecule has 1 aromatic rings. The number of hydrogen-bond donors (Lipinski definition) is 2. The number of aryl methyl sites for hydroxylation is 2. The van der Waals surface area contributed by atoms with Crippen molar-refractivity contribution in [3.63, 3.8) is 0 Å². The molecular weight excluding hydrogens is 360 g/mol. The Hall–Kier alpha value is -2.12. The molecule has 1 heterocycles. The summed E-state index contributed by atoms with van der Waals surface area (Å²) in [6, 6.07) is 4.33. The second kappa shape index (κ2) is 12.4. The number of hydrogen-bond acceptors (Lipinski definition) is 5. The summed E-state index contributed by atoms with van der Waals surface area (Å²) >= 11 is 0. The molecular formula is C21H34N2O5. The Labute approximate surface area is 167 Å². The number of unbranched alkanes of at least 4 members (excludes halogenated alkanes) is 2.